The fraction of sp³-hybridized carbons (Fsp3) is 0. The number of carbonyl (C=O) groups excluding carboxylic acids is 1. The molecule has 0 aliphatic rings. The zero-order chi connectivity index (χ0) is 7.68. The fourth-order valence-electron chi connectivity index (χ4n) is 0.917. The standard InChI is InChI=1S/C7H4N2OS/c10-4-6-5-1-2-11-7(5)3-8-9-6/h1-4H. The summed E-state index contributed by atoms with van der Waals surface area (Å²) in [5.41, 5.74) is 0.420. The van der Waals surface area contributed by atoms with Gasteiger partial charge in [0.05, 0.1) is 10.9 Å². The smallest absolute Gasteiger partial charge is 0.170 e. The molecule has 0 atom stereocenters. The number of hydrogen-bond acceptors (Lipinski definition) is 4. The number of carbonyl (C=O) groups is 1. The van der Waals surface area contributed by atoms with Gasteiger partial charge in [-0.3, -0.25) is 4.79 Å². The van der Waals surface area contributed by atoms with Gasteiger partial charge < -0.3 is 0 Å². The molecule has 0 spiro atoms. The minimum Gasteiger partial charge on any atom is -0.296 e. The van der Waals surface area contributed by atoms with Gasteiger partial charge in [0, 0.05) is 5.39 Å². The van der Waals surface area contributed by atoms with Crippen LogP contribution in [-0.2, 0) is 0 Å². The fourth-order valence-corrected chi connectivity index (χ4v) is 1.68. The average molecular weight is 164 g/mol. The minimum absolute atomic E-state index is 0.420. The number of fused-ring (bicyclic) bond motifs is 1. The lowest BCUT2D eigenvalue weighted by Gasteiger charge is -1.88. The van der Waals surface area contributed by atoms with Crippen LogP contribution in [-0.4, -0.2) is 16.5 Å². The van der Waals surface area contributed by atoms with Gasteiger partial charge in [-0.15, -0.1) is 16.4 Å². The van der Waals surface area contributed by atoms with E-state index in [1.54, 1.807) is 17.5 Å². The Bertz CT molecular complexity index is 396. The number of aromatic nitrogens is 2. The summed E-state index contributed by atoms with van der Waals surface area (Å²) in [5, 5.41) is 10.2. The number of rotatable bonds is 1. The van der Waals surface area contributed by atoms with Gasteiger partial charge in [0.2, 0.25) is 0 Å². The molecule has 0 radical (unpaired) electrons. The van der Waals surface area contributed by atoms with Gasteiger partial charge in [0.15, 0.2) is 6.29 Å². The molecule has 0 aromatic carbocycles. The van der Waals surface area contributed by atoms with E-state index in [2.05, 4.69) is 10.2 Å². The van der Waals surface area contributed by atoms with Crippen molar-refractivity contribution in [3.05, 3.63) is 23.3 Å². The predicted molar refractivity (Wildman–Crippen MR) is 42.8 cm³/mol. The van der Waals surface area contributed by atoms with Crippen molar-refractivity contribution in [1.82, 2.24) is 10.2 Å². The molecule has 2 rings (SSSR count). The Balaban J connectivity index is 2.88. The topological polar surface area (TPSA) is 42.9 Å². The van der Waals surface area contributed by atoms with Crippen molar-refractivity contribution >= 4 is 27.7 Å². The van der Waals surface area contributed by atoms with Crippen molar-refractivity contribution in [2.75, 3.05) is 0 Å². The summed E-state index contributed by atoms with van der Waals surface area (Å²) in [6, 6.07) is 1.87. The normalized spacial score (nSPS) is 10.2. The largest absolute Gasteiger partial charge is 0.296 e. The van der Waals surface area contributed by atoms with Crippen LogP contribution in [0.25, 0.3) is 10.1 Å². The van der Waals surface area contributed by atoms with Gasteiger partial charge in [-0.25, -0.2) is 0 Å². The van der Waals surface area contributed by atoms with Gasteiger partial charge in [-0.05, 0) is 11.4 Å². The second-order valence-electron chi connectivity index (χ2n) is 2.05. The van der Waals surface area contributed by atoms with Crippen LogP contribution in [0.3, 0.4) is 0 Å². The van der Waals surface area contributed by atoms with Gasteiger partial charge in [-0.1, -0.05) is 0 Å². The first-order valence-electron chi connectivity index (χ1n) is 3.06. The van der Waals surface area contributed by atoms with E-state index in [1.165, 1.54) is 0 Å². The Morgan fingerprint density at radius 2 is 2.45 bits per heavy atom. The third-order valence-corrected chi connectivity index (χ3v) is 2.27. The molecule has 3 nitrogen and oxygen atoms in total. The molecule has 0 aliphatic carbocycles. The van der Waals surface area contributed by atoms with Gasteiger partial charge in [-0.2, -0.15) is 5.10 Å². The first kappa shape index (κ1) is 6.42. The molecule has 2 aromatic rings. The van der Waals surface area contributed by atoms with Gasteiger partial charge in [0.25, 0.3) is 0 Å². The number of nitrogens with zero attached hydrogens (tertiary/aromatic N) is 2. The zero-order valence-electron chi connectivity index (χ0n) is 5.52. The molecular formula is C7H4N2OS. The third-order valence-electron chi connectivity index (χ3n) is 1.42. The van der Waals surface area contributed by atoms with Crippen molar-refractivity contribution in [3.8, 4) is 0 Å². The molecule has 4 heteroatoms. The highest BCUT2D eigenvalue weighted by Gasteiger charge is 2.01. The maximum atomic E-state index is 10.4. The molecule has 11 heavy (non-hydrogen) atoms. The van der Waals surface area contributed by atoms with Gasteiger partial charge in [0.1, 0.15) is 5.69 Å². The lowest BCUT2D eigenvalue weighted by molar-refractivity contribution is 0.112. The molecule has 54 valence electrons. The van der Waals surface area contributed by atoms with E-state index < -0.39 is 0 Å². The van der Waals surface area contributed by atoms with Crippen LogP contribution in [0, 0.1) is 0 Å². The van der Waals surface area contributed by atoms with E-state index in [4.69, 9.17) is 0 Å². The van der Waals surface area contributed by atoms with Crippen molar-refractivity contribution in [2.45, 2.75) is 0 Å². The average Bonchev–Trinajstić information content (AvgIpc) is 2.50. The van der Waals surface area contributed by atoms with Crippen molar-refractivity contribution in [2.24, 2.45) is 0 Å². The Hall–Kier alpha value is -1.29. The highest BCUT2D eigenvalue weighted by Crippen LogP contribution is 2.19. The number of aldehydes is 1. The molecule has 0 unspecified atom stereocenters. The van der Waals surface area contributed by atoms with Crippen LogP contribution < -0.4 is 0 Å². The molecule has 2 aromatic heterocycles. The summed E-state index contributed by atoms with van der Waals surface area (Å²) in [4.78, 5) is 10.4. The van der Waals surface area contributed by atoms with Crippen LogP contribution in [0.1, 0.15) is 10.5 Å². The SMILES string of the molecule is O=Cc1nncc2sccc12. The number of hydrogen-bond donors (Lipinski definition) is 0. The summed E-state index contributed by atoms with van der Waals surface area (Å²) in [6.07, 6.45) is 2.38. The highest BCUT2D eigenvalue weighted by molar-refractivity contribution is 7.17. The Kier molecular flexibility index (Phi) is 1.40. The summed E-state index contributed by atoms with van der Waals surface area (Å²) in [5.74, 6) is 0. The molecule has 0 saturated carbocycles. The highest BCUT2D eigenvalue weighted by atomic mass is 32.1. The van der Waals surface area contributed by atoms with Crippen LogP contribution in [0.4, 0.5) is 0 Å². The Labute approximate surface area is 66.7 Å². The van der Waals surface area contributed by atoms with Crippen LogP contribution in [0.2, 0.25) is 0 Å². The van der Waals surface area contributed by atoms with E-state index in [0.29, 0.717) is 5.69 Å². The first-order valence-corrected chi connectivity index (χ1v) is 3.94. The zero-order valence-corrected chi connectivity index (χ0v) is 6.34. The third kappa shape index (κ3) is 0.914. The molecule has 0 saturated heterocycles. The van der Waals surface area contributed by atoms with E-state index in [-0.39, 0.29) is 0 Å². The second kappa shape index (κ2) is 2.39. The van der Waals surface area contributed by atoms with Crippen LogP contribution in [0.15, 0.2) is 17.6 Å². The minimum atomic E-state index is 0.420. The van der Waals surface area contributed by atoms with E-state index in [1.807, 2.05) is 11.4 Å². The summed E-state index contributed by atoms with van der Waals surface area (Å²) >= 11 is 1.56. The van der Waals surface area contributed by atoms with Crippen molar-refractivity contribution in [3.63, 3.8) is 0 Å². The molecule has 0 N–H and O–H groups in total. The summed E-state index contributed by atoms with van der Waals surface area (Å²) < 4.78 is 1.00. The van der Waals surface area contributed by atoms with Crippen LogP contribution >= 0.6 is 11.3 Å². The molecule has 0 bridgehead atoms. The monoisotopic (exact) mass is 164 g/mol. The first-order chi connectivity index (χ1) is 5.42. The van der Waals surface area contributed by atoms with E-state index in [9.17, 15) is 4.79 Å². The molecule has 0 amide bonds. The van der Waals surface area contributed by atoms with Crippen molar-refractivity contribution < 1.29 is 4.79 Å². The van der Waals surface area contributed by atoms with E-state index in [0.717, 1.165) is 16.4 Å². The maximum Gasteiger partial charge on any atom is 0.170 e. The molecule has 0 aliphatic heterocycles. The lowest BCUT2D eigenvalue weighted by Crippen LogP contribution is -1.88. The molecule has 2 heterocycles. The maximum absolute atomic E-state index is 10.4. The Morgan fingerprint density at radius 3 is 3.27 bits per heavy atom. The Morgan fingerprint density at radius 1 is 1.55 bits per heavy atom. The second-order valence-corrected chi connectivity index (χ2v) is 2.99. The van der Waals surface area contributed by atoms with Crippen molar-refractivity contribution in [1.29, 1.82) is 0 Å². The summed E-state index contributed by atoms with van der Waals surface area (Å²) in [7, 11) is 0. The lowest BCUT2D eigenvalue weighted by atomic mass is 10.3. The molecule has 0 fully saturated rings. The predicted octanol–water partition coefficient (Wildman–Crippen LogP) is 1.50. The quantitative estimate of drug-likeness (QED) is 0.600. The summed E-state index contributed by atoms with van der Waals surface area (Å²) in [6.45, 7) is 0. The van der Waals surface area contributed by atoms with E-state index >= 15 is 0 Å². The van der Waals surface area contributed by atoms with Crippen LogP contribution in [0.5, 0.6) is 0 Å². The number of thiophene rings is 1. The molecular weight excluding hydrogens is 160 g/mol. The van der Waals surface area contributed by atoms with Gasteiger partial charge >= 0.3 is 0 Å².